The fraction of sp³-hybridized carbons (Fsp3) is 0.0833. The SMILES string of the molecule is NNC(=O)c1ccc(Cn2ccc(=O)[nH]c2=O)c(Br)c1. The molecule has 0 bridgehead atoms. The number of carbonyl (C=O) groups excluding carboxylic acids is 1. The minimum atomic E-state index is -0.492. The number of nitrogens with two attached hydrogens (primary N) is 1. The lowest BCUT2D eigenvalue weighted by atomic mass is 10.1. The van der Waals surface area contributed by atoms with Gasteiger partial charge >= 0.3 is 5.69 Å². The van der Waals surface area contributed by atoms with E-state index in [-0.39, 0.29) is 6.54 Å². The van der Waals surface area contributed by atoms with Crippen LogP contribution >= 0.6 is 15.9 Å². The number of H-pyrrole nitrogens is 1. The second-order valence-electron chi connectivity index (χ2n) is 4.02. The van der Waals surface area contributed by atoms with Crippen LogP contribution in [0.2, 0.25) is 0 Å². The van der Waals surface area contributed by atoms with E-state index in [1.165, 1.54) is 16.8 Å². The Hall–Kier alpha value is -2.19. The molecule has 104 valence electrons. The van der Waals surface area contributed by atoms with Crippen molar-refractivity contribution in [2.45, 2.75) is 6.54 Å². The topological polar surface area (TPSA) is 110 Å². The summed E-state index contributed by atoms with van der Waals surface area (Å²) in [5.74, 6) is 4.65. The highest BCUT2D eigenvalue weighted by atomic mass is 79.9. The van der Waals surface area contributed by atoms with E-state index in [9.17, 15) is 14.4 Å². The lowest BCUT2D eigenvalue weighted by molar-refractivity contribution is 0.0953. The number of carbonyl (C=O) groups is 1. The third-order valence-electron chi connectivity index (χ3n) is 2.68. The standard InChI is InChI=1S/C12H11BrN4O3/c13-9-5-7(11(19)16-14)1-2-8(9)6-17-4-3-10(18)15-12(17)20/h1-5H,6,14H2,(H,16,19)(H,15,18,20). The van der Waals surface area contributed by atoms with Crippen LogP contribution < -0.4 is 22.5 Å². The lowest BCUT2D eigenvalue weighted by Gasteiger charge is -2.08. The largest absolute Gasteiger partial charge is 0.328 e. The summed E-state index contributed by atoms with van der Waals surface area (Å²) in [7, 11) is 0. The summed E-state index contributed by atoms with van der Waals surface area (Å²) in [4.78, 5) is 36.1. The maximum Gasteiger partial charge on any atom is 0.328 e. The Morgan fingerprint density at radius 1 is 1.35 bits per heavy atom. The number of nitrogens with zero attached hydrogens (tertiary/aromatic N) is 1. The number of rotatable bonds is 3. The molecule has 2 rings (SSSR count). The number of hydrazine groups is 1. The zero-order valence-corrected chi connectivity index (χ0v) is 11.8. The number of aromatic nitrogens is 2. The van der Waals surface area contributed by atoms with E-state index < -0.39 is 17.2 Å². The molecule has 0 aliphatic heterocycles. The van der Waals surface area contributed by atoms with Crippen molar-refractivity contribution in [2.24, 2.45) is 5.84 Å². The van der Waals surface area contributed by atoms with Crippen LogP contribution in [0.15, 0.2) is 44.5 Å². The number of benzene rings is 1. The molecule has 4 N–H and O–H groups in total. The Labute approximate surface area is 121 Å². The second kappa shape index (κ2) is 5.85. The summed E-state index contributed by atoms with van der Waals surface area (Å²) in [6.45, 7) is 0.265. The van der Waals surface area contributed by atoms with Gasteiger partial charge in [-0.2, -0.15) is 0 Å². The van der Waals surface area contributed by atoms with Gasteiger partial charge in [0.2, 0.25) is 0 Å². The van der Waals surface area contributed by atoms with E-state index in [4.69, 9.17) is 5.84 Å². The molecule has 0 atom stereocenters. The first-order valence-corrected chi connectivity index (χ1v) is 6.39. The maximum absolute atomic E-state index is 11.6. The van der Waals surface area contributed by atoms with Gasteiger partial charge in [0.05, 0.1) is 6.54 Å². The zero-order valence-electron chi connectivity index (χ0n) is 10.2. The van der Waals surface area contributed by atoms with E-state index in [1.54, 1.807) is 18.2 Å². The van der Waals surface area contributed by atoms with E-state index in [0.29, 0.717) is 10.0 Å². The molecule has 1 aromatic carbocycles. The van der Waals surface area contributed by atoms with Crippen LogP contribution in [0.3, 0.4) is 0 Å². The molecule has 1 aromatic heterocycles. The number of nitrogens with one attached hydrogen (secondary N) is 2. The van der Waals surface area contributed by atoms with Gasteiger partial charge in [-0.25, -0.2) is 10.6 Å². The Morgan fingerprint density at radius 3 is 2.70 bits per heavy atom. The summed E-state index contributed by atoms with van der Waals surface area (Å²) in [6, 6.07) is 6.17. The first-order chi connectivity index (χ1) is 9.51. The fourth-order valence-electron chi connectivity index (χ4n) is 1.65. The molecule has 0 unspecified atom stereocenters. The van der Waals surface area contributed by atoms with Gasteiger partial charge in [0, 0.05) is 22.3 Å². The van der Waals surface area contributed by atoms with Gasteiger partial charge in [-0.1, -0.05) is 22.0 Å². The minimum absolute atomic E-state index is 0.265. The number of hydrogen-bond donors (Lipinski definition) is 3. The Morgan fingerprint density at radius 2 is 2.10 bits per heavy atom. The van der Waals surface area contributed by atoms with Crippen molar-refractivity contribution in [3.8, 4) is 0 Å². The molecule has 8 heteroatoms. The normalized spacial score (nSPS) is 10.3. The Kier molecular flexibility index (Phi) is 4.16. The first kappa shape index (κ1) is 14.2. The second-order valence-corrected chi connectivity index (χ2v) is 4.87. The number of halogens is 1. The van der Waals surface area contributed by atoms with E-state index in [2.05, 4.69) is 20.9 Å². The van der Waals surface area contributed by atoms with Gasteiger partial charge in [-0.15, -0.1) is 0 Å². The van der Waals surface area contributed by atoms with E-state index in [1.807, 2.05) is 5.43 Å². The highest BCUT2D eigenvalue weighted by Crippen LogP contribution is 2.19. The molecule has 0 aliphatic rings. The van der Waals surface area contributed by atoms with Gasteiger partial charge < -0.3 is 0 Å². The summed E-state index contributed by atoms with van der Waals surface area (Å²) in [5.41, 5.74) is 2.29. The highest BCUT2D eigenvalue weighted by molar-refractivity contribution is 9.10. The number of nitrogen functional groups attached to an aromatic ring is 1. The van der Waals surface area contributed by atoms with Crippen molar-refractivity contribution < 1.29 is 4.79 Å². The Bertz CT molecular complexity index is 766. The molecule has 0 aliphatic carbocycles. The van der Waals surface area contributed by atoms with Crippen LogP contribution in [0.25, 0.3) is 0 Å². The molecular weight excluding hydrogens is 328 g/mol. The predicted octanol–water partition coefficient (Wildman–Crippen LogP) is -0.0491. The van der Waals surface area contributed by atoms with Crippen LogP contribution in [0.4, 0.5) is 0 Å². The number of aromatic amines is 1. The third-order valence-corrected chi connectivity index (χ3v) is 3.42. The molecule has 1 heterocycles. The highest BCUT2D eigenvalue weighted by Gasteiger charge is 2.08. The van der Waals surface area contributed by atoms with Crippen LogP contribution in [0, 0.1) is 0 Å². The fourth-order valence-corrected chi connectivity index (χ4v) is 2.16. The van der Waals surface area contributed by atoms with Crippen LogP contribution in [-0.2, 0) is 6.54 Å². The van der Waals surface area contributed by atoms with Crippen LogP contribution in [0.1, 0.15) is 15.9 Å². The average Bonchev–Trinajstić information content (AvgIpc) is 2.42. The summed E-state index contributed by atoms with van der Waals surface area (Å²) in [5, 5.41) is 0. The van der Waals surface area contributed by atoms with Crippen molar-refractivity contribution in [1.29, 1.82) is 0 Å². The number of amides is 1. The molecule has 20 heavy (non-hydrogen) atoms. The third kappa shape index (κ3) is 3.03. The smallest absolute Gasteiger partial charge is 0.296 e. The summed E-state index contributed by atoms with van der Waals surface area (Å²) >= 11 is 3.33. The van der Waals surface area contributed by atoms with Crippen molar-refractivity contribution in [3.63, 3.8) is 0 Å². The minimum Gasteiger partial charge on any atom is -0.296 e. The summed E-state index contributed by atoms with van der Waals surface area (Å²) < 4.78 is 2.01. The van der Waals surface area contributed by atoms with Crippen molar-refractivity contribution >= 4 is 21.8 Å². The van der Waals surface area contributed by atoms with E-state index in [0.717, 1.165) is 5.56 Å². The molecule has 7 nitrogen and oxygen atoms in total. The molecule has 0 saturated heterocycles. The molecule has 0 fully saturated rings. The molecular formula is C12H11BrN4O3. The van der Waals surface area contributed by atoms with Gasteiger partial charge in [0.15, 0.2) is 0 Å². The van der Waals surface area contributed by atoms with Crippen molar-refractivity contribution in [3.05, 3.63) is 66.9 Å². The van der Waals surface area contributed by atoms with Gasteiger partial charge in [0.25, 0.3) is 11.5 Å². The maximum atomic E-state index is 11.6. The number of hydrogen-bond acceptors (Lipinski definition) is 4. The van der Waals surface area contributed by atoms with Crippen LogP contribution in [0.5, 0.6) is 0 Å². The molecule has 0 spiro atoms. The van der Waals surface area contributed by atoms with Crippen molar-refractivity contribution in [1.82, 2.24) is 15.0 Å². The quantitative estimate of drug-likeness (QED) is 0.414. The predicted molar refractivity (Wildman–Crippen MR) is 76.2 cm³/mol. The van der Waals surface area contributed by atoms with Crippen molar-refractivity contribution in [2.75, 3.05) is 0 Å². The van der Waals surface area contributed by atoms with Gasteiger partial charge in [-0.3, -0.25) is 24.6 Å². The Balaban J connectivity index is 2.32. The van der Waals surface area contributed by atoms with E-state index >= 15 is 0 Å². The molecule has 0 radical (unpaired) electrons. The monoisotopic (exact) mass is 338 g/mol. The molecule has 1 amide bonds. The first-order valence-electron chi connectivity index (χ1n) is 5.60. The molecule has 0 saturated carbocycles. The van der Waals surface area contributed by atoms with Gasteiger partial charge in [-0.05, 0) is 17.7 Å². The van der Waals surface area contributed by atoms with Gasteiger partial charge in [0.1, 0.15) is 0 Å². The summed E-state index contributed by atoms with van der Waals surface area (Å²) in [6.07, 6.45) is 1.41. The van der Waals surface area contributed by atoms with Crippen LogP contribution in [-0.4, -0.2) is 15.5 Å². The molecule has 2 aromatic rings. The average molecular weight is 339 g/mol. The lowest BCUT2D eigenvalue weighted by Crippen LogP contribution is -2.30. The zero-order chi connectivity index (χ0) is 14.7.